The van der Waals surface area contributed by atoms with E-state index < -0.39 is 11.4 Å². The van der Waals surface area contributed by atoms with Crippen LogP contribution >= 0.6 is 11.6 Å². The molecule has 2 aromatic rings. The van der Waals surface area contributed by atoms with E-state index in [1.54, 1.807) is 0 Å². The summed E-state index contributed by atoms with van der Waals surface area (Å²) in [5, 5.41) is 21.0. The van der Waals surface area contributed by atoms with Gasteiger partial charge in [0.2, 0.25) is 0 Å². The van der Waals surface area contributed by atoms with Crippen LogP contribution in [0.4, 0.5) is 4.39 Å². The van der Waals surface area contributed by atoms with Gasteiger partial charge >= 0.3 is 0 Å². The number of hydrogen-bond donors (Lipinski definition) is 2. The average molecular weight is 327 g/mol. The van der Waals surface area contributed by atoms with Crippen LogP contribution in [0.15, 0.2) is 24.4 Å². The van der Waals surface area contributed by atoms with Crippen LogP contribution in [-0.2, 0) is 5.60 Å². The number of nitrogens with zero attached hydrogens (tertiary/aromatic N) is 3. The molecule has 118 valence electrons. The number of likely N-dealkylation sites (tertiary alicyclic amines) is 1. The van der Waals surface area contributed by atoms with E-state index >= 15 is 0 Å². The number of H-pyrrole nitrogens is 1. The molecule has 0 saturated carbocycles. The Hall–Kier alpha value is -1.70. The topological polar surface area (TPSA) is 74.3 Å². The largest absolute Gasteiger partial charge is 0.491 e. The Labute approximate surface area is 131 Å². The number of ether oxygens (including phenoxy) is 1. The summed E-state index contributed by atoms with van der Waals surface area (Å²) in [4.78, 5) is 2.08. The number of halogens is 2. The quantitative estimate of drug-likeness (QED) is 0.872. The second-order valence-corrected chi connectivity index (χ2v) is 5.74. The summed E-state index contributed by atoms with van der Waals surface area (Å²) in [7, 11) is 0. The van der Waals surface area contributed by atoms with E-state index in [2.05, 4.69) is 20.3 Å². The summed E-state index contributed by atoms with van der Waals surface area (Å²) in [5.41, 5.74) is -0.418. The molecule has 8 heteroatoms. The molecule has 0 radical (unpaired) electrons. The zero-order valence-corrected chi connectivity index (χ0v) is 12.6. The number of rotatable bonds is 5. The molecule has 6 nitrogen and oxygen atoms in total. The van der Waals surface area contributed by atoms with Gasteiger partial charge in [-0.05, 0) is 24.6 Å². The number of hydrogen-bond acceptors (Lipinski definition) is 5. The Kier molecular flexibility index (Phi) is 4.28. The smallest absolute Gasteiger partial charge is 0.138 e. The molecule has 1 fully saturated rings. The highest BCUT2D eigenvalue weighted by Crippen LogP contribution is 2.30. The molecule has 2 N–H and O–H groups in total. The number of nitrogens with one attached hydrogen (secondary N) is 1. The highest BCUT2D eigenvalue weighted by Gasteiger charge is 2.39. The molecule has 1 aromatic heterocycles. The Bertz CT molecular complexity index is 640. The third-order valence-corrected chi connectivity index (χ3v) is 4.07. The monoisotopic (exact) mass is 326 g/mol. The minimum atomic E-state index is -0.972. The van der Waals surface area contributed by atoms with Crippen LogP contribution in [0.1, 0.15) is 12.1 Å². The fraction of sp³-hybridized carbons (Fsp3) is 0.429. The predicted molar refractivity (Wildman–Crippen MR) is 78.2 cm³/mol. The highest BCUT2D eigenvalue weighted by molar-refractivity contribution is 6.32. The van der Waals surface area contributed by atoms with E-state index in [1.165, 1.54) is 24.4 Å². The van der Waals surface area contributed by atoms with E-state index in [0.717, 1.165) is 6.54 Å². The summed E-state index contributed by atoms with van der Waals surface area (Å²) in [6.07, 6.45) is 2.13. The second-order valence-electron chi connectivity index (χ2n) is 5.34. The lowest BCUT2D eigenvalue weighted by molar-refractivity contribution is 0.0403. The lowest BCUT2D eigenvalue weighted by Crippen LogP contribution is -2.33. The van der Waals surface area contributed by atoms with Crippen LogP contribution in [-0.4, -0.2) is 51.7 Å². The van der Waals surface area contributed by atoms with Crippen molar-refractivity contribution in [2.75, 3.05) is 26.2 Å². The standard InChI is InChI=1S/C14H16ClFN4O2/c15-11-7-10(16)1-2-12(11)22-6-5-20-4-3-14(21,9-20)13-8-17-19-18-13/h1-2,7-8,21H,3-6,9H2,(H,17,18,19). The van der Waals surface area contributed by atoms with Crippen LogP contribution < -0.4 is 4.74 Å². The maximum atomic E-state index is 12.9. The zero-order chi connectivity index (χ0) is 15.6. The fourth-order valence-corrected chi connectivity index (χ4v) is 2.80. The normalized spacial score (nSPS) is 22.1. The van der Waals surface area contributed by atoms with Crippen molar-refractivity contribution in [2.24, 2.45) is 0 Å². The maximum absolute atomic E-state index is 12.9. The Morgan fingerprint density at radius 2 is 2.36 bits per heavy atom. The lowest BCUT2D eigenvalue weighted by atomic mass is 10.0. The minimum absolute atomic E-state index is 0.250. The highest BCUT2D eigenvalue weighted by atomic mass is 35.5. The molecule has 1 aliphatic rings. The number of aromatic nitrogens is 3. The fourth-order valence-electron chi connectivity index (χ4n) is 2.57. The third kappa shape index (κ3) is 3.21. The molecule has 0 amide bonds. The lowest BCUT2D eigenvalue weighted by Gasteiger charge is -2.21. The summed E-state index contributed by atoms with van der Waals surface area (Å²) in [5.74, 6) is 0.0589. The van der Waals surface area contributed by atoms with Crippen molar-refractivity contribution in [3.63, 3.8) is 0 Å². The molecule has 2 heterocycles. The van der Waals surface area contributed by atoms with Crippen molar-refractivity contribution < 1.29 is 14.2 Å². The van der Waals surface area contributed by atoms with Crippen LogP contribution in [0.2, 0.25) is 5.02 Å². The summed E-state index contributed by atoms with van der Waals surface area (Å²) < 4.78 is 18.5. The van der Waals surface area contributed by atoms with Crippen LogP contribution in [0.3, 0.4) is 0 Å². The molecule has 1 unspecified atom stereocenters. The average Bonchev–Trinajstić information content (AvgIpc) is 3.12. The Balaban J connectivity index is 1.51. The van der Waals surface area contributed by atoms with Gasteiger partial charge in [0, 0.05) is 19.6 Å². The first-order chi connectivity index (χ1) is 10.6. The van der Waals surface area contributed by atoms with E-state index in [4.69, 9.17) is 16.3 Å². The predicted octanol–water partition coefficient (Wildman–Crippen LogP) is 1.57. The van der Waals surface area contributed by atoms with Crippen molar-refractivity contribution >= 4 is 11.6 Å². The van der Waals surface area contributed by atoms with E-state index in [1.807, 2.05) is 0 Å². The molecule has 3 rings (SSSR count). The number of aliphatic hydroxyl groups is 1. The first kappa shape index (κ1) is 15.2. The summed E-state index contributed by atoms with van der Waals surface area (Å²) in [6, 6.07) is 4.03. The summed E-state index contributed by atoms with van der Waals surface area (Å²) >= 11 is 5.90. The Morgan fingerprint density at radius 3 is 3.09 bits per heavy atom. The van der Waals surface area contributed by atoms with Gasteiger partial charge in [-0.1, -0.05) is 11.6 Å². The number of β-amino-alcohol motifs (C(OH)–C–C–N with tert-alkyl or cyclic N) is 1. The van der Waals surface area contributed by atoms with Gasteiger partial charge in [-0.25, -0.2) is 4.39 Å². The molecule has 0 bridgehead atoms. The van der Waals surface area contributed by atoms with Crippen LogP contribution in [0.5, 0.6) is 5.75 Å². The Morgan fingerprint density at radius 1 is 1.50 bits per heavy atom. The molecule has 1 atom stereocenters. The van der Waals surface area contributed by atoms with Gasteiger partial charge in [-0.3, -0.25) is 4.90 Å². The number of aromatic amines is 1. The summed E-state index contributed by atoms with van der Waals surface area (Å²) in [6.45, 7) is 2.25. The maximum Gasteiger partial charge on any atom is 0.138 e. The molecular formula is C14H16ClFN4O2. The second kappa shape index (κ2) is 6.20. The van der Waals surface area contributed by atoms with E-state index in [0.29, 0.717) is 37.6 Å². The third-order valence-electron chi connectivity index (χ3n) is 3.78. The molecule has 0 aliphatic carbocycles. The van der Waals surface area contributed by atoms with Crippen LogP contribution in [0, 0.1) is 5.82 Å². The van der Waals surface area contributed by atoms with Gasteiger partial charge < -0.3 is 9.84 Å². The van der Waals surface area contributed by atoms with Gasteiger partial charge in [0.15, 0.2) is 0 Å². The van der Waals surface area contributed by atoms with Crippen molar-refractivity contribution in [2.45, 2.75) is 12.0 Å². The molecule has 0 spiro atoms. The van der Waals surface area contributed by atoms with Gasteiger partial charge in [0.25, 0.3) is 0 Å². The van der Waals surface area contributed by atoms with Crippen molar-refractivity contribution in [1.82, 2.24) is 20.3 Å². The van der Waals surface area contributed by atoms with Gasteiger partial charge in [0.1, 0.15) is 29.5 Å². The van der Waals surface area contributed by atoms with Gasteiger partial charge in [-0.15, -0.1) is 0 Å². The molecule has 1 aromatic carbocycles. The first-order valence-corrected chi connectivity index (χ1v) is 7.33. The van der Waals surface area contributed by atoms with E-state index in [9.17, 15) is 9.50 Å². The van der Waals surface area contributed by atoms with Crippen molar-refractivity contribution in [1.29, 1.82) is 0 Å². The molecule has 1 aliphatic heterocycles. The first-order valence-electron chi connectivity index (χ1n) is 6.96. The van der Waals surface area contributed by atoms with Crippen molar-refractivity contribution in [3.8, 4) is 5.75 Å². The SMILES string of the molecule is OC1(c2cn[nH]n2)CCN(CCOc2ccc(F)cc2Cl)C1. The van der Waals surface area contributed by atoms with Gasteiger partial charge in [-0.2, -0.15) is 15.4 Å². The van der Waals surface area contributed by atoms with Crippen molar-refractivity contribution in [3.05, 3.63) is 40.9 Å². The molecular weight excluding hydrogens is 311 g/mol. The minimum Gasteiger partial charge on any atom is -0.491 e. The van der Waals surface area contributed by atoms with E-state index in [-0.39, 0.29) is 5.02 Å². The van der Waals surface area contributed by atoms with Crippen LogP contribution in [0.25, 0.3) is 0 Å². The van der Waals surface area contributed by atoms with Gasteiger partial charge in [0.05, 0.1) is 11.2 Å². The number of benzene rings is 1. The zero-order valence-electron chi connectivity index (χ0n) is 11.8. The molecule has 22 heavy (non-hydrogen) atoms. The molecule has 1 saturated heterocycles.